The zero-order valence-corrected chi connectivity index (χ0v) is 17.2. The lowest BCUT2D eigenvalue weighted by Crippen LogP contribution is -2.54. The largest absolute Gasteiger partial charge is 0.447 e. The molecule has 0 aliphatic heterocycles. The highest BCUT2D eigenvalue weighted by atomic mass is 16.6. The first-order valence-electron chi connectivity index (χ1n) is 9.21. The van der Waals surface area contributed by atoms with Crippen molar-refractivity contribution in [1.82, 2.24) is 15.7 Å². The number of hydrogen-bond acceptors (Lipinski definition) is 7. The molecule has 1 unspecified atom stereocenters. The van der Waals surface area contributed by atoms with Crippen molar-refractivity contribution in [3.05, 3.63) is 59.0 Å². The molecular weight excluding hydrogens is 404 g/mol. The molecule has 0 radical (unpaired) electrons. The maximum atomic E-state index is 12.6. The van der Waals surface area contributed by atoms with Crippen LogP contribution in [0.4, 0.5) is 0 Å². The summed E-state index contributed by atoms with van der Waals surface area (Å²) in [6, 6.07) is 8.14. The van der Waals surface area contributed by atoms with Crippen LogP contribution in [-0.2, 0) is 14.4 Å². The Balaban J connectivity index is 2.11. The van der Waals surface area contributed by atoms with E-state index in [1.165, 1.54) is 37.9 Å². The molecule has 2 aromatic rings. The van der Waals surface area contributed by atoms with Crippen molar-refractivity contribution in [3.8, 4) is 11.8 Å². The fraction of sp³-hybridized carbons (Fsp3) is 0.238. The number of likely N-dealkylation sites (N-methyl/N-ethyl adjacent to an activating group) is 2. The highest BCUT2D eigenvalue weighted by molar-refractivity contribution is 6.08. The van der Waals surface area contributed by atoms with Crippen LogP contribution >= 0.6 is 0 Å². The van der Waals surface area contributed by atoms with Crippen molar-refractivity contribution < 1.29 is 28.8 Å². The minimum Gasteiger partial charge on any atom is -0.447 e. The molecule has 31 heavy (non-hydrogen) atoms. The number of hydroxylamine groups is 1. The summed E-state index contributed by atoms with van der Waals surface area (Å²) in [4.78, 5) is 42.1. The molecule has 1 heterocycles. The lowest BCUT2D eigenvalue weighted by molar-refractivity contribution is -0.140. The van der Waals surface area contributed by atoms with E-state index in [2.05, 4.69) is 22.3 Å². The molecule has 1 aromatic heterocycles. The van der Waals surface area contributed by atoms with E-state index in [9.17, 15) is 14.4 Å². The van der Waals surface area contributed by atoms with E-state index in [0.29, 0.717) is 23.7 Å². The predicted octanol–water partition coefficient (Wildman–Crippen LogP) is 0.742. The number of oxime groups is 1. The van der Waals surface area contributed by atoms with Gasteiger partial charge in [-0.05, 0) is 49.2 Å². The highest BCUT2D eigenvalue weighted by Gasteiger charge is 2.33. The van der Waals surface area contributed by atoms with Gasteiger partial charge in [-0.25, -0.2) is 5.48 Å². The van der Waals surface area contributed by atoms with Crippen LogP contribution in [0.2, 0.25) is 0 Å². The number of carbonyl (C=O) groups is 3. The Kier molecular flexibility index (Phi) is 8.36. The Morgan fingerprint density at radius 3 is 2.52 bits per heavy atom. The molecule has 162 valence electrons. The molecule has 0 fully saturated rings. The molecule has 10 nitrogen and oxygen atoms in total. The summed E-state index contributed by atoms with van der Waals surface area (Å²) >= 11 is 0. The highest BCUT2D eigenvalue weighted by Crippen LogP contribution is 2.10. The van der Waals surface area contributed by atoms with Gasteiger partial charge < -0.3 is 19.5 Å². The van der Waals surface area contributed by atoms with E-state index < -0.39 is 23.8 Å². The molecular formula is C21H22N4O6. The monoisotopic (exact) mass is 426 g/mol. The van der Waals surface area contributed by atoms with Gasteiger partial charge in [0.25, 0.3) is 17.7 Å². The third-order valence-corrected chi connectivity index (χ3v) is 4.03. The third-order valence-electron chi connectivity index (χ3n) is 4.03. The van der Waals surface area contributed by atoms with Crippen molar-refractivity contribution in [2.75, 3.05) is 20.7 Å². The van der Waals surface area contributed by atoms with Gasteiger partial charge in [0.1, 0.15) is 18.6 Å². The summed E-state index contributed by atoms with van der Waals surface area (Å²) in [5.74, 6) is 4.35. The van der Waals surface area contributed by atoms with Crippen molar-refractivity contribution in [2.45, 2.75) is 13.0 Å². The van der Waals surface area contributed by atoms with Crippen molar-refractivity contribution >= 4 is 23.9 Å². The van der Waals surface area contributed by atoms with Crippen LogP contribution < -0.4 is 10.8 Å². The van der Waals surface area contributed by atoms with E-state index in [1.54, 1.807) is 24.3 Å². The minimum atomic E-state index is -1.53. The van der Waals surface area contributed by atoms with Crippen LogP contribution in [0.25, 0.3) is 0 Å². The van der Waals surface area contributed by atoms with Crippen LogP contribution in [-0.4, -0.2) is 60.8 Å². The minimum absolute atomic E-state index is 0.236. The molecule has 0 aliphatic rings. The molecule has 2 rings (SSSR count). The first-order chi connectivity index (χ1) is 14.9. The standard InChI is InChI=1S/C21H22N4O6/c1-4-30-23-13-17-12-11-16(31-17)10-7-14-5-8-15(9-6-14)21(28)25(3)18(19(26)22-2)20(27)24-29/h5-6,8-9,11-13,18,29H,4H2,1-3H3,(H,22,26)(H,24,27). The summed E-state index contributed by atoms with van der Waals surface area (Å²) in [5, 5.41) is 14.8. The zero-order chi connectivity index (χ0) is 22.8. The first kappa shape index (κ1) is 23.2. The third kappa shape index (κ3) is 6.19. The van der Waals surface area contributed by atoms with E-state index in [0.717, 1.165) is 4.90 Å². The maximum absolute atomic E-state index is 12.6. The van der Waals surface area contributed by atoms with Gasteiger partial charge in [0.15, 0.2) is 11.8 Å². The number of carbonyl (C=O) groups excluding carboxylic acids is 3. The second-order valence-corrected chi connectivity index (χ2v) is 6.09. The molecule has 0 aliphatic carbocycles. The Hall–Kier alpha value is -4.10. The van der Waals surface area contributed by atoms with Gasteiger partial charge in [-0.2, -0.15) is 0 Å². The Labute approximate surface area is 178 Å². The molecule has 3 N–H and O–H groups in total. The zero-order valence-electron chi connectivity index (χ0n) is 17.2. The summed E-state index contributed by atoms with van der Waals surface area (Å²) in [5.41, 5.74) is 2.25. The second-order valence-electron chi connectivity index (χ2n) is 6.09. The molecule has 1 aromatic carbocycles. The number of nitrogens with zero attached hydrogens (tertiary/aromatic N) is 2. The fourth-order valence-corrected chi connectivity index (χ4v) is 2.47. The molecule has 0 spiro atoms. The lowest BCUT2D eigenvalue weighted by Gasteiger charge is -2.25. The lowest BCUT2D eigenvalue weighted by atomic mass is 10.1. The van der Waals surface area contributed by atoms with E-state index in [-0.39, 0.29) is 5.56 Å². The normalized spacial score (nSPS) is 11.2. The topological polar surface area (TPSA) is 133 Å². The molecule has 0 saturated heterocycles. The molecule has 1 atom stereocenters. The fourth-order valence-electron chi connectivity index (χ4n) is 2.47. The van der Waals surface area contributed by atoms with Crippen LogP contribution in [0.15, 0.2) is 46.0 Å². The van der Waals surface area contributed by atoms with Crippen molar-refractivity contribution in [3.63, 3.8) is 0 Å². The van der Waals surface area contributed by atoms with Gasteiger partial charge in [-0.3, -0.25) is 19.6 Å². The van der Waals surface area contributed by atoms with E-state index >= 15 is 0 Å². The summed E-state index contributed by atoms with van der Waals surface area (Å²) in [6.45, 7) is 2.28. The van der Waals surface area contributed by atoms with Gasteiger partial charge in [0.2, 0.25) is 0 Å². The molecule has 0 bridgehead atoms. The summed E-state index contributed by atoms with van der Waals surface area (Å²) in [7, 11) is 2.61. The van der Waals surface area contributed by atoms with Gasteiger partial charge in [0.05, 0.1) is 0 Å². The Morgan fingerprint density at radius 2 is 1.90 bits per heavy atom. The van der Waals surface area contributed by atoms with Crippen molar-refractivity contribution in [2.24, 2.45) is 5.16 Å². The van der Waals surface area contributed by atoms with Gasteiger partial charge in [0, 0.05) is 25.2 Å². The summed E-state index contributed by atoms with van der Waals surface area (Å²) in [6.07, 6.45) is 1.44. The predicted molar refractivity (Wildman–Crippen MR) is 110 cm³/mol. The first-order valence-corrected chi connectivity index (χ1v) is 9.21. The molecule has 3 amide bonds. The molecule has 0 saturated carbocycles. The van der Waals surface area contributed by atoms with Crippen LogP contribution in [0.3, 0.4) is 0 Å². The maximum Gasteiger partial charge on any atom is 0.275 e. The van der Waals surface area contributed by atoms with Crippen LogP contribution in [0.5, 0.6) is 0 Å². The Morgan fingerprint density at radius 1 is 1.19 bits per heavy atom. The van der Waals surface area contributed by atoms with Crippen LogP contribution in [0, 0.1) is 11.8 Å². The van der Waals surface area contributed by atoms with E-state index in [4.69, 9.17) is 14.5 Å². The number of rotatable bonds is 7. The van der Waals surface area contributed by atoms with Gasteiger partial charge >= 0.3 is 0 Å². The number of hydrogen-bond donors (Lipinski definition) is 3. The summed E-state index contributed by atoms with van der Waals surface area (Å²) < 4.78 is 5.48. The number of nitrogens with one attached hydrogen (secondary N) is 2. The Bertz CT molecular complexity index is 1000. The van der Waals surface area contributed by atoms with Gasteiger partial charge in [-0.15, -0.1) is 0 Å². The smallest absolute Gasteiger partial charge is 0.275 e. The average Bonchev–Trinajstić information content (AvgIpc) is 3.25. The number of furan rings is 1. The molecule has 10 heteroatoms. The quantitative estimate of drug-likeness (QED) is 0.197. The second kappa shape index (κ2) is 11.2. The van der Waals surface area contributed by atoms with Crippen LogP contribution in [0.1, 0.15) is 34.4 Å². The SMILES string of the molecule is CCON=Cc1ccc(C#Cc2ccc(C(=O)N(C)C(C(=O)NC)C(=O)NO)cc2)o1. The number of benzene rings is 1. The van der Waals surface area contributed by atoms with Crippen molar-refractivity contribution in [1.29, 1.82) is 0 Å². The van der Waals surface area contributed by atoms with E-state index in [1.807, 2.05) is 6.92 Å². The van der Waals surface area contributed by atoms with Gasteiger partial charge in [-0.1, -0.05) is 11.1 Å². The average molecular weight is 426 g/mol. The number of amides is 3.